The fraction of sp³-hybridized carbons (Fsp3) is 0.556. The van der Waals surface area contributed by atoms with Gasteiger partial charge in [-0.15, -0.1) is 0 Å². The number of benzene rings is 1. The van der Waals surface area contributed by atoms with E-state index in [4.69, 9.17) is 9.47 Å². The van der Waals surface area contributed by atoms with Crippen molar-refractivity contribution >= 4 is 11.8 Å². The van der Waals surface area contributed by atoms with Crippen molar-refractivity contribution in [1.82, 2.24) is 4.90 Å². The molecule has 0 bridgehead atoms. The quantitative estimate of drug-likeness (QED) is 0.854. The molecule has 0 atom stereocenters. The normalized spacial score (nSPS) is 15.3. The minimum atomic E-state index is -0.447. The molecule has 126 valence electrons. The van der Waals surface area contributed by atoms with Gasteiger partial charge in [-0.05, 0) is 38.5 Å². The Balaban J connectivity index is 1.85. The summed E-state index contributed by atoms with van der Waals surface area (Å²) >= 11 is 0. The number of amides is 1. The fourth-order valence-electron chi connectivity index (χ4n) is 2.41. The molecule has 0 spiro atoms. The monoisotopic (exact) mass is 318 g/mol. The number of rotatable bonds is 3. The van der Waals surface area contributed by atoms with Gasteiger partial charge >= 0.3 is 6.09 Å². The molecule has 1 amide bonds. The molecule has 0 N–H and O–H groups in total. The van der Waals surface area contributed by atoms with Crippen molar-refractivity contribution in [1.29, 1.82) is 0 Å². The van der Waals surface area contributed by atoms with Gasteiger partial charge in [-0.25, -0.2) is 4.79 Å². The van der Waals surface area contributed by atoms with Gasteiger partial charge in [0.05, 0.1) is 13.7 Å². The van der Waals surface area contributed by atoms with Gasteiger partial charge in [0, 0.05) is 31.6 Å². The molecule has 1 heterocycles. The Morgan fingerprint density at radius 1 is 1.26 bits per heavy atom. The number of likely N-dealkylation sites (tertiary alicyclic amines) is 1. The highest BCUT2D eigenvalue weighted by molar-refractivity contribution is 5.86. The Morgan fingerprint density at radius 3 is 2.57 bits per heavy atom. The van der Waals surface area contributed by atoms with E-state index in [1.165, 1.54) is 0 Å². The molecular weight excluding hydrogens is 292 g/mol. The maximum absolute atomic E-state index is 12.0. The first-order valence-electron chi connectivity index (χ1n) is 8.00. The lowest BCUT2D eigenvalue weighted by atomic mass is 10.1. The smallest absolute Gasteiger partial charge is 0.410 e. The van der Waals surface area contributed by atoms with Gasteiger partial charge in [0.1, 0.15) is 11.4 Å². The minimum absolute atomic E-state index is 0.232. The second kappa shape index (κ2) is 7.49. The maximum Gasteiger partial charge on any atom is 0.410 e. The van der Waals surface area contributed by atoms with Gasteiger partial charge in [-0.2, -0.15) is 0 Å². The molecule has 0 unspecified atom stereocenters. The zero-order chi connectivity index (χ0) is 16.9. The van der Waals surface area contributed by atoms with Crippen molar-refractivity contribution in [3.8, 4) is 5.75 Å². The van der Waals surface area contributed by atoms with E-state index in [0.717, 1.165) is 29.9 Å². The van der Waals surface area contributed by atoms with Gasteiger partial charge in [0.25, 0.3) is 0 Å². The standard InChI is InChI=1S/C18H26N2O3/c1-18(2,3)23-17(21)20-10-8-15(9-11-20)19-13-14-6-5-7-16(12-14)22-4/h5-7,12H,8-11,13H2,1-4H3. The van der Waals surface area contributed by atoms with Crippen LogP contribution in [0.15, 0.2) is 29.3 Å². The summed E-state index contributed by atoms with van der Waals surface area (Å²) in [5.41, 5.74) is 1.84. The number of aliphatic imine (C=N–C) groups is 1. The van der Waals surface area contributed by atoms with Crippen molar-refractivity contribution < 1.29 is 14.3 Å². The molecule has 0 saturated carbocycles. The van der Waals surface area contributed by atoms with E-state index in [2.05, 4.69) is 4.99 Å². The molecule has 1 aliphatic heterocycles. The molecule has 0 radical (unpaired) electrons. The molecule has 1 aromatic carbocycles. The van der Waals surface area contributed by atoms with Crippen LogP contribution in [0.1, 0.15) is 39.2 Å². The third kappa shape index (κ3) is 5.58. The van der Waals surface area contributed by atoms with Crippen LogP contribution in [0.25, 0.3) is 0 Å². The molecule has 1 fully saturated rings. The van der Waals surface area contributed by atoms with Crippen LogP contribution in [0, 0.1) is 0 Å². The van der Waals surface area contributed by atoms with Crippen LogP contribution >= 0.6 is 0 Å². The molecule has 2 rings (SSSR count). The van der Waals surface area contributed by atoms with Crippen molar-refractivity contribution in [3.63, 3.8) is 0 Å². The van der Waals surface area contributed by atoms with E-state index in [9.17, 15) is 4.79 Å². The fourth-order valence-corrected chi connectivity index (χ4v) is 2.41. The number of piperidine rings is 1. The molecule has 1 saturated heterocycles. The van der Waals surface area contributed by atoms with Gasteiger partial charge in [0.2, 0.25) is 0 Å². The van der Waals surface area contributed by atoms with Crippen molar-refractivity contribution in [2.24, 2.45) is 4.99 Å². The highest BCUT2D eigenvalue weighted by Gasteiger charge is 2.24. The third-order valence-corrected chi connectivity index (χ3v) is 3.61. The summed E-state index contributed by atoms with van der Waals surface area (Å²) in [4.78, 5) is 18.5. The number of hydrogen-bond donors (Lipinski definition) is 0. The van der Waals surface area contributed by atoms with Crippen LogP contribution in [0.3, 0.4) is 0 Å². The number of carbonyl (C=O) groups excluding carboxylic acids is 1. The largest absolute Gasteiger partial charge is 0.497 e. The van der Waals surface area contributed by atoms with Gasteiger partial charge in [-0.1, -0.05) is 12.1 Å². The zero-order valence-electron chi connectivity index (χ0n) is 14.5. The Morgan fingerprint density at radius 2 is 1.96 bits per heavy atom. The van der Waals surface area contributed by atoms with E-state index in [1.54, 1.807) is 12.0 Å². The number of ether oxygens (including phenoxy) is 2. The number of carbonyl (C=O) groups is 1. The molecule has 1 aliphatic rings. The van der Waals surface area contributed by atoms with Crippen LogP contribution in [0.2, 0.25) is 0 Å². The van der Waals surface area contributed by atoms with E-state index in [1.807, 2.05) is 45.0 Å². The van der Waals surface area contributed by atoms with Crippen LogP contribution in [-0.4, -0.2) is 42.5 Å². The van der Waals surface area contributed by atoms with E-state index in [-0.39, 0.29) is 6.09 Å². The summed E-state index contributed by atoms with van der Waals surface area (Å²) in [5.74, 6) is 0.849. The third-order valence-electron chi connectivity index (χ3n) is 3.61. The number of nitrogens with zero attached hydrogens (tertiary/aromatic N) is 2. The number of methoxy groups -OCH3 is 1. The molecule has 1 aromatic rings. The SMILES string of the molecule is COc1cccc(CN=C2CCN(C(=O)OC(C)(C)C)CC2)c1. The summed E-state index contributed by atoms with van der Waals surface area (Å²) in [7, 11) is 1.66. The lowest BCUT2D eigenvalue weighted by Gasteiger charge is -2.30. The van der Waals surface area contributed by atoms with E-state index in [0.29, 0.717) is 19.6 Å². The van der Waals surface area contributed by atoms with Gasteiger partial charge < -0.3 is 14.4 Å². The summed E-state index contributed by atoms with van der Waals surface area (Å²) in [5, 5.41) is 0. The Kier molecular flexibility index (Phi) is 5.64. The van der Waals surface area contributed by atoms with Crippen LogP contribution in [-0.2, 0) is 11.3 Å². The molecular formula is C18H26N2O3. The van der Waals surface area contributed by atoms with E-state index < -0.39 is 5.60 Å². The highest BCUT2D eigenvalue weighted by atomic mass is 16.6. The van der Waals surface area contributed by atoms with Crippen LogP contribution in [0.5, 0.6) is 5.75 Å². The summed E-state index contributed by atoms with van der Waals surface area (Å²) in [6, 6.07) is 7.94. The van der Waals surface area contributed by atoms with E-state index >= 15 is 0 Å². The molecule has 23 heavy (non-hydrogen) atoms. The molecule has 5 nitrogen and oxygen atoms in total. The van der Waals surface area contributed by atoms with Crippen molar-refractivity contribution in [2.75, 3.05) is 20.2 Å². The Hall–Kier alpha value is -2.04. The first-order chi connectivity index (χ1) is 10.9. The average molecular weight is 318 g/mol. The average Bonchev–Trinajstić information content (AvgIpc) is 2.52. The second-order valence-corrected chi connectivity index (χ2v) is 6.70. The predicted octanol–water partition coefficient (Wildman–Crippen LogP) is 3.67. The summed E-state index contributed by atoms with van der Waals surface area (Å²) in [6.07, 6.45) is 1.39. The molecule has 5 heteroatoms. The topological polar surface area (TPSA) is 51.1 Å². The maximum atomic E-state index is 12.0. The predicted molar refractivity (Wildman–Crippen MR) is 91.2 cm³/mol. The van der Waals surface area contributed by atoms with Crippen LogP contribution in [0.4, 0.5) is 4.79 Å². The summed E-state index contributed by atoms with van der Waals surface area (Å²) in [6.45, 7) is 7.65. The Bertz CT molecular complexity index is 566. The van der Waals surface area contributed by atoms with Crippen molar-refractivity contribution in [3.05, 3.63) is 29.8 Å². The summed E-state index contributed by atoms with van der Waals surface area (Å²) < 4.78 is 10.6. The first kappa shape index (κ1) is 17.3. The molecule has 0 aromatic heterocycles. The van der Waals surface area contributed by atoms with Gasteiger partial charge in [0.15, 0.2) is 0 Å². The first-order valence-corrected chi connectivity index (χ1v) is 8.00. The second-order valence-electron chi connectivity index (χ2n) is 6.70. The minimum Gasteiger partial charge on any atom is -0.497 e. The lowest BCUT2D eigenvalue weighted by molar-refractivity contribution is 0.0249. The van der Waals surface area contributed by atoms with Crippen LogP contribution < -0.4 is 4.74 Å². The van der Waals surface area contributed by atoms with Crippen molar-refractivity contribution in [2.45, 2.75) is 45.8 Å². The highest BCUT2D eigenvalue weighted by Crippen LogP contribution is 2.16. The Labute approximate surface area is 138 Å². The van der Waals surface area contributed by atoms with Gasteiger partial charge in [-0.3, -0.25) is 4.99 Å². The molecule has 0 aliphatic carbocycles. The number of hydrogen-bond acceptors (Lipinski definition) is 4. The zero-order valence-corrected chi connectivity index (χ0v) is 14.5. The lowest BCUT2D eigenvalue weighted by Crippen LogP contribution is -2.41.